The summed E-state index contributed by atoms with van der Waals surface area (Å²) in [6.45, 7) is 5.39. The average molecular weight is 312 g/mol. The normalized spacial score (nSPS) is 19.9. The number of aryl methyl sites for hydroxylation is 2. The second kappa shape index (κ2) is 5.78. The molecule has 1 atom stereocenters. The molecule has 0 radical (unpaired) electrons. The third-order valence-corrected chi connectivity index (χ3v) is 4.27. The summed E-state index contributed by atoms with van der Waals surface area (Å²) in [5.74, 6) is 0.662. The van der Waals surface area contributed by atoms with E-state index in [4.69, 9.17) is 0 Å². The predicted molar refractivity (Wildman–Crippen MR) is 73.9 cm³/mol. The summed E-state index contributed by atoms with van der Waals surface area (Å²) in [6.07, 6.45) is 2.28. The summed E-state index contributed by atoms with van der Waals surface area (Å²) < 4.78 is 0. The molecule has 18 heavy (non-hydrogen) atoms. The van der Waals surface area contributed by atoms with Gasteiger partial charge in [0.15, 0.2) is 0 Å². The SMILES string of the molecule is Cc1cc(C(=O)N2CCCC(CBr)C2)c(C)nn1. The van der Waals surface area contributed by atoms with E-state index in [2.05, 4.69) is 26.1 Å². The summed E-state index contributed by atoms with van der Waals surface area (Å²) in [6, 6.07) is 1.84. The fourth-order valence-corrected chi connectivity index (χ4v) is 2.84. The molecule has 0 aliphatic carbocycles. The van der Waals surface area contributed by atoms with Gasteiger partial charge in [-0.05, 0) is 38.7 Å². The smallest absolute Gasteiger partial charge is 0.255 e. The molecule has 1 aliphatic heterocycles. The number of hydrogen-bond acceptors (Lipinski definition) is 3. The van der Waals surface area contributed by atoms with E-state index in [1.807, 2.05) is 24.8 Å². The third kappa shape index (κ3) is 2.88. The number of carbonyl (C=O) groups is 1. The molecule has 5 heteroatoms. The van der Waals surface area contributed by atoms with Crippen LogP contribution in [-0.2, 0) is 0 Å². The van der Waals surface area contributed by atoms with Gasteiger partial charge in [0, 0.05) is 18.4 Å². The molecule has 1 amide bonds. The van der Waals surface area contributed by atoms with Gasteiger partial charge in [0.05, 0.1) is 17.0 Å². The van der Waals surface area contributed by atoms with E-state index < -0.39 is 0 Å². The Labute approximate surface area is 116 Å². The van der Waals surface area contributed by atoms with E-state index in [1.165, 1.54) is 6.42 Å². The zero-order chi connectivity index (χ0) is 13.1. The highest BCUT2D eigenvalue weighted by molar-refractivity contribution is 9.09. The Morgan fingerprint density at radius 1 is 1.50 bits per heavy atom. The molecule has 4 nitrogen and oxygen atoms in total. The number of halogens is 1. The number of alkyl halides is 1. The monoisotopic (exact) mass is 311 g/mol. The molecule has 1 unspecified atom stereocenters. The Kier molecular flexibility index (Phi) is 4.32. The minimum Gasteiger partial charge on any atom is -0.338 e. The first kappa shape index (κ1) is 13.5. The number of likely N-dealkylation sites (tertiary alicyclic amines) is 1. The Hall–Kier alpha value is -0.970. The van der Waals surface area contributed by atoms with Crippen LogP contribution in [0.25, 0.3) is 0 Å². The first-order chi connectivity index (χ1) is 8.61. The lowest BCUT2D eigenvalue weighted by Crippen LogP contribution is -2.40. The van der Waals surface area contributed by atoms with Crippen molar-refractivity contribution in [2.75, 3.05) is 18.4 Å². The molecule has 2 rings (SSSR count). The molecule has 0 N–H and O–H groups in total. The number of piperidine rings is 1. The van der Waals surface area contributed by atoms with Gasteiger partial charge in [-0.3, -0.25) is 4.79 Å². The van der Waals surface area contributed by atoms with Gasteiger partial charge in [0.25, 0.3) is 5.91 Å². The van der Waals surface area contributed by atoms with Crippen LogP contribution in [0.4, 0.5) is 0 Å². The molecule has 1 aliphatic rings. The van der Waals surface area contributed by atoms with Crippen molar-refractivity contribution >= 4 is 21.8 Å². The van der Waals surface area contributed by atoms with Gasteiger partial charge < -0.3 is 4.90 Å². The minimum absolute atomic E-state index is 0.0937. The lowest BCUT2D eigenvalue weighted by molar-refractivity contribution is 0.0684. The molecule has 98 valence electrons. The van der Waals surface area contributed by atoms with Crippen molar-refractivity contribution < 1.29 is 4.79 Å². The lowest BCUT2D eigenvalue weighted by Gasteiger charge is -2.32. The minimum atomic E-state index is 0.0937. The van der Waals surface area contributed by atoms with E-state index in [0.717, 1.165) is 30.5 Å². The van der Waals surface area contributed by atoms with Gasteiger partial charge in [-0.15, -0.1) is 0 Å². The van der Waals surface area contributed by atoms with Crippen LogP contribution >= 0.6 is 15.9 Å². The number of carbonyl (C=O) groups excluding carboxylic acids is 1. The molecule has 1 aromatic rings. The Morgan fingerprint density at radius 3 is 3.00 bits per heavy atom. The topological polar surface area (TPSA) is 46.1 Å². The molecule has 1 fully saturated rings. The van der Waals surface area contributed by atoms with Crippen LogP contribution < -0.4 is 0 Å². The molecular formula is C13H18BrN3O. The highest BCUT2D eigenvalue weighted by Crippen LogP contribution is 2.20. The number of nitrogens with zero attached hydrogens (tertiary/aromatic N) is 3. The molecule has 1 saturated heterocycles. The van der Waals surface area contributed by atoms with Crippen molar-refractivity contribution in [1.82, 2.24) is 15.1 Å². The standard InChI is InChI=1S/C13H18BrN3O/c1-9-6-12(10(2)16-15-9)13(18)17-5-3-4-11(7-14)8-17/h6,11H,3-5,7-8H2,1-2H3. The van der Waals surface area contributed by atoms with Crippen molar-refractivity contribution in [3.8, 4) is 0 Å². The fourth-order valence-electron chi connectivity index (χ4n) is 2.31. The lowest BCUT2D eigenvalue weighted by atomic mass is 9.99. The van der Waals surface area contributed by atoms with Crippen LogP contribution in [0.1, 0.15) is 34.6 Å². The van der Waals surface area contributed by atoms with Crippen LogP contribution in [0.3, 0.4) is 0 Å². The maximum atomic E-state index is 12.5. The van der Waals surface area contributed by atoms with Crippen LogP contribution in [0.2, 0.25) is 0 Å². The zero-order valence-electron chi connectivity index (χ0n) is 10.8. The van der Waals surface area contributed by atoms with E-state index in [9.17, 15) is 4.79 Å². The summed E-state index contributed by atoms with van der Waals surface area (Å²) in [5, 5.41) is 8.96. The third-order valence-electron chi connectivity index (χ3n) is 3.36. The highest BCUT2D eigenvalue weighted by Gasteiger charge is 2.25. The quantitative estimate of drug-likeness (QED) is 0.788. The first-order valence-corrected chi connectivity index (χ1v) is 7.40. The molecule has 2 heterocycles. The fraction of sp³-hybridized carbons (Fsp3) is 0.615. The molecule has 0 aromatic carbocycles. The molecule has 1 aromatic heterocycles. The second-order valence-corrected chi connectivity index (χ2v) is 5.55. The highest BCUT2D eigenvalue weighted by atomic mass is 79.9. The predicted octanol–water partition coefficient (Wildman–Crippen LogP) is 2.34. The maximum absolute atomic E-state index is 12.5. The van der Waals surface area contributed by atoms with Crippen molar-refractivity contribution in [2.45, 2.75) is 26.7 Å². The Balaban J connectivity index is 2.17. The van der Waals surface area contributed by atoms with Crippen LogP contribution in [0.15, 0.2) is 6.07 Å². The van der Waals surface area contributed by atoms with Crippen molar-refractivity contribution in [3.05, 3.63) is 23.0 Å². The largest absolute Gasteiger partial charge is 0.338 e. The van der Waals surface area contributed by atoms with Crippen LogP contribution in [0, 0.1) is 19.8 Å². The van der Waals surface area contributed by atoms with Crippen LogP contribution in [-0.4, -0.2) is 39.4 Å². The summed E-state index contributed by atoms with van der Waals surface area (Å²) in [5.41, 5.74) is 2.20. The average Bonchev–Trinajstić information content (AvgIpc) is 2.41. The van der Waals surface area contributed by atoms with E-state index in [-0.39, 0.29) is 5.91 Å². The Bertz CT molecular complexity index is 450. The first-order valence-electron chi connectivity index (χ1n) is 6.28. The summed E-state index contributed by atoms with van der Waals surface area (Å²) >= 11 is 3.51. The molecule has 0 saturated carbocycles. The van der Waals surface area contributed by atoms with E-state index in [0.29, 0.717) is 17.2 Å². The van der Waals surface area contributed by atoms with Gasteiger partial charge in [-0.25, -0.2) is 0 Å². The van der Waals surface area contributed by atoms with Crippen molar-refractivity contribution in [2.24, 2.45) is 5.92 Å². The van der Waals surface area contributed by atoms with Crippen LogP contribution in [0.5, 0.6) is 0 Å². The van der Waals surface area contributed by atoms with Gasteiger partial charge in [-0.1, -0.05) is 15.9 Å². The summed E-state index contributed by atoms with van der Waals surface area (Å²) in [7, 11) is 0. The van der Waals surface area contributed by atoms with E-state index >= 15 is 0 Å². The van der Waals surface area contributed by atoms with E-state index in [1.54, 1.807) is 0 Å². The molecular weight excluding hydrogens is 294 g/mol. The van der Waals surface area contributed by atoms with Crippen molar-refractivity contribution in [3.63, 3.8) is 0 Å². The molecule has 0 bridgehead atoms. The zero-order valence-corrected chi connectivity index (χ0v) is 12.4. The van der Waals surface area contributed by atoms with Crippen molar-refractivity contribution in [1.29, 1.82) is 0 Å². The molecule has 0 spiro atoms. The second-order valence-electron chi connectivity index (χ2n) is 4.90. The Morgan fingerprint density at radius 2 is 2.28 bits per heavy atom. The number of hydrogen-bond donors (Lipinski definition) is 0. The van der Waals surface area contributed by atoms with Gasteiger partial charge in [0.2, 0.25) is 0 Å². The number of aromatic nitrogens is 2. The van der Waals surface area contributed by atoms with Gasteiger partial charge >= 0.3 is 0 Å². The maximum Gasteiger partial charge on any atom is 0.255 e. The van der Waals surface area contributed by atoms with Gasteiger partial charge in [-0.2, -0.15) is 10.2 Å². The number of rotatable bonds is 2. The van der Waals surface area contributed by atoms with Gasteiger partial charge in [0.1, 0.15) is 0 Å². The number of amides is 1. The summed E-state index contributed by atoms with van der Waals surface area (Å²) in [4.78, 5) is 14.4.